The highest BCUT2D eigenvalue weighted by Gasteiger charge is 2.29. The van der Waals surface area contributed by atoms with Crippen LogP contribution in [-0.4, -0.2) is 31.4 Å². The fourth-order valence-electron chi connectivity index (χ4n) is 2.63. The molecule has 0 saturated heterocycles. The molecule has 0 aliphatic carbocycles. The number of carbonyl (C=O) groups is 2. The summed E-state index contributed by atoms with van der Waals surface area (Å²) in [6, 6.07) is 3.44. The molecule has 6 nitrogen and oxygen atoms in total. The zero-order valence-corrected chi connectivity index (χ0v) is 13.5. The van der Waals surface area contributed by atoms with Crippen molar-refractivity contribution < 1.29 is 14.3 Å². The Bertz CT molecular complexity index is 663. The quantitative estimate of drug-likeness (QED) is 0.448. The summed E-state index contributed by atoms with van der Waals surface area (Å²) in [6.45, 7) is 5.99. The number of anilines is 1. The van der Waals surface area contributed by atoms with E-state index in [-0.39, 0.29) is 5.54 Å². The van der Waals surface area contributed by atoms with E-state index in [2.05, 4.69) is 22.2 Å². The third-order valence-electron chi connectivity index (χ3n) is 3.49. The lowest BCUT2D eigenvalue weighted by molar-refractivity contribution is -0.117. The smallest absolute Gasteiger partial charge is 0.306 e. The van der Waals surface area contributed by atoms with Gasteiger partial charge in [0, 0.05) is 12.6 Å². The summed E-state index contributed by atoms with van der Waals surface area (Å²) in [5, 5.41) is 3.31. The highest BCUT2D eigenvalue weighted by Crippen LogP contribution is 2.38. The van der Waals surface area contributed by atoms with Gasteiger partial charge in [-0.05, 0) is 38.5 Å². The number of amides is 1. The predicted molar refractivity (Wildman–Crippen MR) is 85.9 cm³/mol. The van der Waals surface area contributed by atoms with E-state index in [4.69, 9.17) is 4.74 Å². The van der Waals surface area contributed by atoms with Crippen molar-refractivity contribution in [3.63, 3.8) is 0 Å². The molecule has 2 rings (SSSR count). The van der Waals surface area contributed by atoms with E-state index in [1.807, 2.05) is 26.8 Å². The number of hydrazine groups is 1. The van der Waals surface area contributed by atoms with E-state index in [9.17, 15) is 9.59 Å². The molecule has 1 aromatic carbocycles. The van der Waals surface area contributed by atoms with E-state index in [1.54, 1.807) is 6.07 Å². The number of carbonyl (C=O) groups excluding carboxylic acids is 2. The molecule has 1 aliphatic heterocycles. The lowest BCUT2D eigenvalue weighted by atomic mass is 9.88. The third-order valence-corrected chi connectivity index (χ3v) is 3.49. The molecule has 0 saturated carbocycles. The largest absolute Gasteiger partial charge is 0.497 e. The van der Waals surface area contributed by atoms with Gasteiger partial charge in [-0.3, -0.25) is 15.0 Å². The Morgan fingerprint density at radius 2 is 1.95 bits per heavy atom. The number of rotatable bonds is 4. The number of benzene rings is 1. The molecule has 118 valence electrons. The van der Waals surface area contributed by atoms with Crippen molar-refractivity contribution in [2.24, 2.45) is 0 Å². The molecule has 1 heterocycles. The zero-order chi connectivity index (χ0) is 16.5. The Labute approximate surface area is 129 Å². The molecule has 0 atom stereocenters. The van der Waals surface area contributed by atoms with Crippen molar-refractivity contribution in [3.05, 3.63) is 29.3 Å². The van der Waals surface area contributed by atoms with Gasteiger partial charge >= 0.3 is 5.91 Å². The van der Waals surface area contributed by atoms with Gasteiger partial charge < -0.3 is 10.1 Å². The lowest BCUT2D eigenvalue weighted by Crippen LogP contribution is -2.40. The van der Waals surface area contributed by atoms with Gasteiger partial charge in [0.05, 0.1) is 23.9 Å². The minimum absolute atomic E-state index is 0.294. The van der Waals surface area contributed by atoms with Crippen LogP contribution in [-0.2, 0) is 4.79 Å². The molecule has 0 fully saturated rings. The summed E-state index contributed by atoms with van der Waals surface area (Å²) in [5.74, 6) is -0.805. The number of fused-ring (bicyclic) bond motifs is 1. The Kier molecular flexibility index (Phi) is 4.23. The Morgan fingerprint density at radius 3 is 2.55 bits per heavy atom. The number of Topliss-reactive ketones (excluding diaryl/α,β-unsaturated/α-hetero) is 1. The van der Waals surface area contributed by atoms with E-state index < -0.39 is 11.7 Å². The van der Waals surface area contributed by atoms with Gasteiger partial charge in [0.2, 0.25) is 0 Å². The third kappa shape index (κ3) is 2.96. The van der Waals surface area contributed by atoms with Gasteiger partial charge in [-0.1, -0.05) is 6.08 Å². The normalized spacial score (nSPS) is 15.2. The number of ketones is 1. The van der Waals surface area contributed by atoms with Gasteiger partial charge in [-0.25, -0.2) is 5.43 Å². The minimum atomic E-state index is -0.718. The molecule has 1 aliphatic rings. The maximum absolute atomic E-state index is 12.4. The molecule has 0 bridgehead atoms. The molecule has 0 aromatic heterocycles. The second-order valence-electron chi connectivity index (χ2n) is 5.80. The lowest BCUT2D eigenvalue weighted by Gasteiger charge is -2.33. The van der Waals surface area contributed by atoms with E-state index >= 15 is 0 Å². The Hall–Kier alpha value is -2.34. The zero-order valence-electron chi connectivity index (χ0n) is 13.5. The molecule has 0 spiro atoms. The molecule has 1 amide bonds. The van der Waals surface area contributed by atoms with Gasteiger partial charge in [-0.15, -0.1) is 0 Å². The van der Waals surface area contributed by atoms with Crippen LogP contribution in [0.2, 0.25) is 0 Å². The molecular formula is C16H21N3O3. The maximum atomic E-state index is 12.4. The minimum Gasteiger partial charge on any atom is -0.497 e. The van der Waals surface area contributed by atoms with E-state index in [0.29, 0.717) is 17.0 Å². The van der Waals surface area contributed by atoms with Gasteiger partial charge in [0.15, 0.2) is 0 Å². The van der Waals surface area contributed by atoms with Crippen LogP contribution in [0.25, 0.3) is 5.57 Å². The van der Waals surface area contributed by atoms with E-state index in [0.717, 1.165) is 11.1 Å². The van der Waals surface area contributed by atoms with Crippen LogP contribution in [0.15, 0.2) is 18.2 Å². The van der Waals surface area contributed by atoms with Crippen molar-refractivity contribution in [3.8, 4) is 5.75 Å². The predicted octanol–water partition coefficient (Wildman–Crippen LogP) is 1.74. The molecule has 3 N–H and O–H groups in total. The first kappa shape index (κ1) is 16.0. The number of hydrogen-bond acceptors (Lipinski definition) is 5. The summed E-state index contributed by atoms with van der Waals surface area (Å²) in [6.07, 6.45) is 2.08. The first-order chi connectivity index (χ1) is 10.3. The molecule has 6 heteroatoms. The van der Waals surface area contributed by atoms with Crippen LogP contribution in [0.1, 0.15) is 36.7 Å². The molecule has 0 radical (unpaired) electrons. The molecule has 1 aromatic rings. The highest BCUT2D eigenvalue weighted by atomic mass is 16.5. The van der Waals surface area contributed by atoms with E-state index in [1.165, 1.54) is 14.2 Å². The van der Waals surface area contributed by atoms with Gasteiger partial charge in [-0.2, -0.15) is 0 Å². The Morgan fingerprint density at radius 1 is 1.27 bits per heavy atom. The van der Waals surface area contributed by atoms with Gasteiger partial charge in [0.25, 0.3) is 5.78 Å². The second-order valence-corrected chi connectivity index (χ2v) is 5.80. The van der Waals surface area contributed by atoms with Crippen molar-refractivity contribution >= 4 is 23.0 Å². The van der Waals surface area contributed by atoms with Crippen molar-refractivity contribution in [1.82, 2.24) is 10.9 Å². The van der Waals surface area contributed by atoms with Crippen molar-refractivity contribution in [1.29, 1.82) is 0 Å². The number of methoxy groups -OCH3 is 1. The number of hydrogen-bond donors (Lipinski definition) is 3. The van der Waals surface area contributed by atoms with Crippen LogP contribution in [0.4, 0.5) is 5.69 Å². The number of nitrogens with one attached hydrogen (secondary N) is 3. The van der Waals surface area contributed by atoms with Crippen LogP contribution in [0.5, 0.6) is 5.75 Å². The van der Waals surface area contributed by atoms with Crippen LogP contribution >= 0.6 is 0 Å². The summed E-state index contributed by atoms with van der Waals surface area (Å²) in [7, 11) is 3.06. The summed E-state index contributed by atoms with van der Waals surface area (Å²) in [4.78, 5) is 24.3. The van der Waals surface area contributed by atoms with Crippen LogP contribution in [0, 0.1) is 0 Å². The van der Waals surface area contributed by atoms with Crippen molar-refractivity contribution in [2.45, 2.75) is 26.3 Å². The summed E-state index contributed by atoms with van der Waals surface area (Å²) in [5.41, 5.74) is 7.30. The standard InChI is InChI=1S/C16H21N3O3/c1-9-8-16(2,3)18-13-11(9)6-10(22-5)7-12(13)14(20)15(21)19-17-4/h6-8,17-18H,1-5H3,(H,19,21). The molecular weight excluding hydrogens is 282 g/mol. The summed E-state index contributed by atoms with van der Waals surface area (Å²) < 4.78 is 5.26. The average Bonchev–Trinajstić information content (AvgIpc) is 2.45. The SMILES string of the molecule is CNNC(=O)C(=O)c1cc(OC)cc2c1NC(C)(C)C=C2C. The monoisotopic (exact) mass is 303 g/mol. The second kappa shape index (κ2) is 5.81. The number of allylic oxidation sites excluding steroid dienone is 1. The molecule has 0 unspecified atom stereocenters. The fourth-order valence-corrected chi connectivity index (χ4v) is 2.63. The van der Waals surface area contributed by atoms with Crippen LogP contribution in [0.3, 0.4) is 0 Å². The first-order valence-electron chi connectivity index (χ1n) is 7.00. The maximum Gasteiger partial charge on any atom is 0.306 e. The van der Waals surface area contributed by atoms with Crippen LogP contribution < -0.4 is 20.9 Å². The topological polar surface area (TPSA) is 79.5 Å². The number of ether oxygens (including phenoxy) is 1. The summed E-state index contributed by atoms with van der Waals surface area (Å²) >= 11 is 0. The Balaban J connectivity index is 2.60. The van der Waals surface area contributed by atoms with Crippen molar-refractivity contribution in [2.75, 3.05) is 19.5 Å². The highest BCUT2D eigenvalue weighted by molar-refractivity contribution is 6.44. The molecule has 22 heavy (non-hydrogen) atoms. The van der Waals surface area contributed by atoms with Gasteiger partial charge in [0.1, 0.15) is 5.75 Å². The average molecular weight is 303 g/mol. The first-order valence-corrected chi connectivity index (χ1v) is 7.00. The fraction of sp³-hybridized carbons (Fsp3) is 0.375.